The van der Waals surface area contributed by atoms with Crippen molar-refractivity contribution in [2.45, 2.75) is 37.8 Å². The number of hydrogen-bond donors (Lipinski definition) is 1. The molecule has 1 atom stereocenters. The number of nitrogens with one attached hydrogen (secondary N) is 1. The highest BCUT2D eigenvalue weighted by Crippen LogP contribution is 2.34. The Kier molecular flexibility index (Phi) is 6.22. The minimum atomic E-state index is -3.45. The second kappa shape index (κ2) is 7.52. The first-order valence-electron chi connectivity index (χ1n) is 7.09. The maximum absolute atomic E-state index is 12.8. The van der Waals surface area contributed by atoms with E-state index in [0.29, 0.717) is 34.9 Å². The van der Waals surface area contributed by atoms with Crippen LogP contribution in [0.2, 0.25) is 0 Å². The lowest BCUT2D eigenvalue weighted by molar-refractivity contribution is -0.00278. The van der Waals surface area contributed by atoms with Crippen LogP contribution in [0.15, 0.2) is 14.7 Å². The van der Waals surface area contributed by atoms with Crippen LogP contribution >= 0.6 is 27.3 Å². The van der Waals surface area contributed by atoms with Gasteiger partial charge in [0.2, 0.25) is 10.0 Å². The maximum Gasteiger partial charge on any atom is 0.245 e. The number of morpholine rings is 1. The fraction of sp³-hybridized carbons (Fsp3) is 0.692. The summed E-state index contributed by atoms with van der Waals surface area (Å²) in [5.41, 5.74) is 0. The summed E-state index contributed by atoms with van der Waals surface area (Å²) in [4.78, 5) is 1.39. The van der Waals surface area contributed by atoms with Gasteiger partial charge in [-0.3, -0.25) is 0 Å². The first-order chi connectivity index (χ1) is 9.98. The fourth-order valence-corrected chi connectivity index (χ4v) is 6.26. The second-order valence-electron chi connectivity index (χ2n) is 4.90. The van der Waals surface area contributed by atoms with Crippen molar-refractivity contribution >= 4 is 37.3 Å². The highest BCUT2D eigenvalue weighted by Gasteiger charge is 2.32. The molecule has 0 radical (unpaired) electrons. The molecule has 0 saturated carbocycles. The van der Waals surface area contributed by atoms with Crippen molar-refractivity contribution in [1.29, 1.82) is 0 Å². The largest absolute Gasteiger partial charge is 0.375 e. The standard InChI is InChI=1S/C13H21BrN2O3S2/c1-3-10-9-16(5-6-19-10)21(17,18)12-7-11(8-15-4-2)20-13(12)14/h7,10,15H,3-6,8-9H2,1-2H3. The molecule has 21 heavy (non-hydrogen) atoms. The smallest absolute Gasteiger partial charge is 0.245 e. The number of nitrogens with zero attached hydrogens (tertiary/aromatic N) is 1. The fourth-order valence-electron chi connectivity index (χ4n) is 2.21. The molecule has 0 spiro atoms. The minimum Gasteiger partial charge on any atom is -0.375 e. The number of hydrogen-bond acceptors (Lipinski definition) is 5. The van der Waals surface area contributed by atoms with Gasteiger partial charge in [0.15, 0.2) is 0 Å². The van der Waals surface area contributed by atoms with E-state index in [-0.39, 0.29) is 6.10 Å². The molecule has 5 nitrogen and oxygen atoms in total. The van der Waals surface area contributed by atoms with Crippen LogP contribution in [-0.2, 0) is 21.3 Å². The molecule has 1 aliphatic rings. The van der Waals surface area contributed by atoms with Gasteiger partial charge in [-0.2, -0.15) is 4.31 Å². The molecule has 0 amide bonds. The summed E-state index contributed by atoms with van der Waals surface area (Å²) in [6.07, 6.45) is 0.815. The predicted molar refractivity (Wildman–Crippen MR) is 88.2 cm³/mol. The Labute approximate surface area is 138 Å². The molecule has 0 aromatic carbocycles. The average Bonchev–Trinajstić information content (AvgIpc) is 2.87. The van der Waals surface area contributed by atoms with Crippen LogP contribution < -0.4 is 5.32 Å². The third-order valence-corrected chi connectivity index (χ3v) is 7.55. The van der Waals surface area contributed by atoms with Crippen molar-refractivity contribution in [3.8, 4) is 0 Å². The van der Waals surface area contributed by atoms with Crippen molar-refractivity contribution in [1.82, 2.24) is 9.62 Å². The van der Waals surface area contributed by atoms with Gasteiger partial charge < -0.3 is 10.1 Å². The van der Waals surface area contributed by atoms with E-state index in [2.05, 4.69) is 21.2 Å². The SMILES string of the molecule is CCNCc1cc(S(=O)(=O)N2CCOC(CC)C2)c(Br)s1. The summed E-state index contributed by atoms with van der Waals surface area (Å²) in [5.74, 6) is 0. The van der Waals surface area contributed by atoms with Crippen molar-refractivity contribution in [3.05, 3.63) is 14.7 Å². The van der Waals surface area contributed by atoms with E-state index >= 15 is 0 Å². The summed E-state index contributed by atoms with van der Waals surface area (Å²) >= 11 is 4.87. The lowest BCUT2D eigenvalue weighted by atomic mass is 10.2. The molecule has 2 rings (SSSR count). The zero-order valence-electron chi connectivity index (χ0n) is 12.3. The second-order valence-corrected chi connectivity index (χ2v) is 9.26. The third-order valence-electron chi connectivity index (χ3n) is 3.43. The van der Waals surface area contributed by atoms with Gasteiger partial charge >= 0.3 is 0 Å². The summed E-state index contributed by atoms with van der Waals surface area (Å²) in [6, 6.07) is 1.77. The van der Waals surface area contributed by atoms with E-state index in [0.717, 1.165) is 17.8 Å². The molecule has 1 saturated heterocycles. The van der Waals surface area contributed by atoms with Crippen LogP contribution in [0, 0.1) is 0 Å². The van der Waals surface area contributed by atoms with Crippen molar-refractivity contribution in [2.75, 3.05) is 26.2 Å². The Morgan fingerprint density at radius 3 is 2.95 bits per heavy atom. The highest BCUT2D eigenvalue weighted by atomic mass is 79.9. The van der Waals surface area contributed by atoms with Gasteiger partial charge in [-0.1, -0.05) is 13.8 Å². The molecule has 1 fully saturated rings. The van der Waals surface area contributed by atoms with Crippen LogP contribution in [0.1, 0.15) is 25.1 Å². The van der Waals surface area contributed by atoms with E-state index < -0.39 is 10.0 Å². The Bertz CT molecular complexity index is 574. The van der Waals surface area contributed by atoms with E-state index in [1.165, 1.54) is 15.6 Å². The van der Waals surface area contributed by atoms with Gasteiger partial charge in [-0.05, 0) is 35.0 Å². The summed E-state index contributed by atoms with van der Waals surface area (Å²) < 4.78 is 33.3. The average molecular weight is 397 g/mol. The van der Waals surface area contributed by atoms with E-state index in [1.54, 1.807) is 6.07 Å². The topological polar surface area (TPSA) is 58.6 Å². The molecule has 1 aliphatic heterocycles. The van der Waals surface area contributed by atoms with E-state index in [1.807, 2.05) is 13.8 Å². The van der Waals surface area contributed by atoms with Gasteiger partial charge in [-0.25, -0.2) is 8.42 Å². The van der Waals surface area contributed by atoms with Crippen LogP contribution in [0.4, 0.5) is 0 Å². The number of halogens is 1. The molecule has 1 unspecified atom stereocenters. The number of sulfonamides is 1. The zero-order chi connectivity index (χ0) is 15.5. The van der Waals surface area contributed by atoms with Gasteiger partial charge in [0.1, 0.15) is 4.90 Å². The molecule has 2 heterocycles. The van der Waals surface area contributed by atoms with Gasteiger partial charge in [0, 0.05) is 24.5 Å². The number of ether oxygens (including phenoxy) is 1. The van der Waals surface area contributed by atoms with Crippen LogP contribution in [0.25, 0.3) is 0 Å². The summed E-state index contributed by atoms with van der Waals surface area (Å²) in [5, 5.41) is 3.21. The van der Waals surface area contributed by atoms with Gasteiger partial charge in [-0.15, -0.1) is 11.3 Å². The molecule has 120 valence electrons. The monoisotopic (exact) mass is 396 g/mol. The highest BCUT2D eigenvalue weighted by molar-refractivity contribution is 9.11. The van der Waals surface area contributed by atoms with Gasteiger partial charge in [0.05, 0.1) is 16.5 Å². The van der Waals surface area contributed by atoms with Crippen LogP contribution in [0.5, 0.6) is 0 Å². The van der Waals surface area contributed by atoms with Crippen molar-refractivity contribution in [2.24, 2.45) is 0 Å². The molecule has 1 aromatic rings. The molecule has 0 aliphatic carbocycles. The normalized spacial score (nSPS) is 20.8. The van der Waals surface area contributed by atoms with E-state index in [9.17, 15) is 8.42 Å². The Hall–Kier alpha value is 0.01000. The minimum absolute atomic E-state index is 0.00725. The quantitative estimate of drug-likeness (QED) is 0.801. The predicted octanol–water partition coefficient (Wildman–Crippen LogP) is 2.42. The molecular formula is C13H21BrN2O3S2. The molecular weight excluding hydrogens is 376 g/mol. The summed E-state index contributed by atoms with van der Waals surface area (Å²) in [7, 11) is -3.45. The van der Waals surface area contributed by atoms with Crippen LogP contribution in [0.3, 0.4) is 0 Å². The Balaban J connectivity index is 2.20. The summed E-state index contributed by atoms with van der Waals surface area (Å²) in [6.45, 7) is 6.90. The lowest BCUT2D eigenvalue weighted by Gasteiger charge is -2.31. The van der Waals surface area contributed by atoms with E-state index in [4.69, 9.17) is 4.74 Å². The lowest BCUT2D eigenvalue weighted by Crippen LogP contribution is -2.45. The number of rotatable bonds is 6. The Morgan fingerprint density at radius 2 is 2.29 bits per heavy atom. The number of thiophene rings is 1. The third kappa shape index (κ3) is 4.05. The van der Waals surface area contributed by atoms with Crippen LogP contribution in [-0.4, -0.2) is 45.1 Å². The molecule has 0 bridgehead atoms. The van der Waals surface area contributed by atoms with Crippen molar-refractivity contribution < 1.29 is 13.2 Å². The zero-order valence-corrected chi connectivity index (χ0v) is 15.5. The Morgan fingerprint density at radius 1 is 1.52 bits per heavy atom. The van der Waals surface area contributed by atoms with Crippen molar-refractivity contribution in [3.63, 3.8) is 0 Å². The maximum atomic E-state index is 12.8. The van der Waals surface area contributed by atoms with Gasteiger partial charge in [0.25, 0.3) is 0 Å². The first-order valence-corrected chi connectivity index (χ1v) is 10.1. The molecule has 8 heteroatoms. The molecule has 1 aromatic heterocycles. The molecule has 1 N–H and O–H groups in total. The first kappa shape index (κ1) is 17.4.